The van der Waals surface area contributed by atoms with Gasteiger partial charge in [0.25, 0.3) is 0 Å². The fraction of sp³-hybridized carbons (Fsp3) is 0.273. The van der Waals surface area contributed by atoms with E-state index < -0.39 is 6.10 Å². The molecule has 6 heteroatoms. The van der Waals surface area contributed by atoms with Gasteiger partial charge in [0.15, 0.2) is 4.60 Å². The molecule has 0 fully saturated rings. The van der Waals surface area contributed by atoms with Crippen LogP contribution in [0.4, 0.5) is 0 Å². The molecule has 2 rings (SSSR count). The lowest BCUT2D eigenvalue weighted by molar-refractivity contribution is 0.168. The second-order valence-electron chi connectivity index (χ2n) is 3.74. The van der Waals surface area contributed by atoms with Crippen LogP contribution >= 0.6 is 27.5 Å². The molecule has 0 aliphatic rings. The fourth-order valence-corrected chi connectivity index (χ4v) is 2.48. The number of hydrogen-bond acceptors (Lipinski definition) is 3. The summed E-state index contributed by atoms with van der Waals surface area (Å²) in [5, 5.41) is 18.5. The summed E-state index contributed by atoms with van der Waals surface area (Å²) < 4.78 is 2.12. The maximum Gasteiger partial charge on any atom is 0.154 e. The third-order valence-electron chi connectivity index (χ3n) is 2.46. The Balaban J connectivity index is 2.20. The zero-order valence-corrected chi connectivity index (χ0v) is 11.5. The van der Waals surface area contributed by atoms with Gasteiger partial charge < -0.3 is 5.11 Å². The Kier molecular flexibility index (Phi) is 3.81. The van der Waals surface area contributed by atoms with Crippen LogP contribution in [0, 0.1) is 0 Å². The molecule has 0 amide bonds. The second-order valence-corrected chi connectivity index (χ2v) is 4.93. The van der Waals surface area contributed by atoms with Gasteiger partial charge in [-0.25, -0.2) is 4.68 Å². The smallest absolute Gasteiger partial charge is 0.154 e. The fourth-order valence-electron chi connectivity index (χ4n) is 1.68. The van der Waals surface area contributed by atoms with Gasteiger partial charge in [-0.1, -0.05) is 28.9 Å². The number of aromatic nitrogens is 3. The van der Waals surface area contributed by atoms with E-state index in [0.29, 0.717) is 21.7 Å². The number of aliphatic hydroxyl groups is 1. The number of aryl methyl sites for hydroxylation is 1. The van der Waals surface area contributed by atoms with Crippen molar-refractivity contribution in [2.24, 2.45) is 7.05 Å². The van der Waals surface area contributed by atoms with Gasteiger partial charge in [-0.3, -0.25) is 0 Å². The minimum absolute atomic E-state index is 0.473. The van der Waals surface area contributed by atoms with Crippen molar-refractivity contribution in [2.75, 3.05) is 0 Å². The summed E-state index contributed by atoms with van der Waals surface area (Å²) in [5.41, 5.74) is 1.63. The van der Waals surface area contributed by atoms with E-state index in [4.69, 9.17) is 11.6 Å². The lowest BCUT2D eigenvalue weighted by Gasteiger charge is -2.11. The van der Waals surface area contributed by atoms with Gasteiger partial charge in [0, 0.05) is 18.5 Å². The first-order valence-corrected chi connectivity index (χ1v) is 6.22. The molecule has 0 saturated carbocycles. The van der Waals surface area contributed by atoms with Crippen molar-refractivity contribution in [3.63, 3.8) is 0 Å². The lowest BCUT2D eigenvalue weighted by Crippen LogP contribution is -2.08. The van der Waals surface area contributed by atoms with Crippen LogP contribution < -0.4 is 0 Å². The maximum atomic E-state index is 10.1. The number of rotatable bonds is 3. The summed E-state index contributed by atoms with van der Waals surface area (Å²) in [5.74, 6) is 0. The van der Waals surface area contributed by atoms with Crippen LogP contribution in [0.5, 0.6) is 0 Å². The van der Waals surface area contributed by atoms with Crippen molar-refractivity contribution in [1.82, 2.24) is 15.0 Å². The van der Waals surface area contributed by atoms with E-state index >= 15 is 0 Å². The number of benzene rings is 1. The Labute approximate surface area is 112 Å². The van der Waals surface area contributed by atoms with E-state index in [2.05, 4.69) is 26.2 Å². The minimum atomic E-state index is -0.664. The number of halogens is 2. The van der Waals surface area contributed by atoms with E-state index in [1.165, 1.54) is 0 Å². The standard InChI is InChI=1S/C11H11BrClN3O/c1-16-10(11(12)14-15-16)9(17)6-7-3-2-4-8(13)5-7/h2-5,9,17H,6H2,1H3. The average molecular weight is 317 g/mol. The Hall–Kier alpha value is -0.910. The maximum absolute atomic E-state index is 10.1. The van der Waals surface area contributed by atoms with Crippen molar-refractivity contribution in [2.45, 2.75) is 12.5 Å². The van der Waals surface area contributed by atoms with Crippen LogP contribution in [0.2, 0.25) is 5.02 Å². The summed E-state index contributed by atoms with van der Waals surface area (Å²) in [6.07, 6.45) is -0.191. The quantitative estimate of drug-likeness (QED) is 0.946. The van der Waals surface area contributed by atoms with E-state index in [1.54, 1.807) is 17.8 Å². The van der Waals surface area contributed by atoms with E-state index in [1.807, 2.05) is 18.2 Å². The highest BCUT2D eigenvalue weighted by Gasteiger charge is 2.18. The molecule has 0 spiro atoms. The third-order valence-corrected chi connectivity index (χ3v) is 3.26. The zero-order chi connectivity index (χ0) is 12.4. The Morgan fingerprint density at radius 2 is 2.29 bits per heavy atom. The van der Waals surface area contributed by atoms with Gasteiger partial charge in [-0.2, -0.15) is 0 Å². The molecule has 2 aromatic rings. The molecule has 1 aromatic carbocycles. The van der Waals surface area contributed by atoms with Crippen LogP contribution in [0.1, 0.15) is 17.4 Å². The molecule has 1 atom stereocenters. The number of aliphatic hydroxyl groups excluding tert-OH is 1. The molecule has 0 aliphatic carbocycles. The highest BCUT2D eigenvalue weighted by atomic mass is 79.9. The van der Waals surface area contributed by atoms with Crippen molar-refractivity contribution >= 4 is 27.5 Å². The predicted molar refractivity (Wildman–Crippen MR) is 68.8 cm³/mol. The van der Waals surface area contributed by atoms with Crippen LogP contribution in [0.15, 0.2) is 28.9 Å². The van der Waals surface area contributed by atoms with Gasteiger partial charge in [0.1, 0.15) is 11.8 Å². The van der Waals surface area contributed by atoms with Crippen molar-refractivity contribution < 1.29 is 5.11 Å². The minimum Gasteiger partial charge on any atom is -0.386 e. The lowest BCUT2D eigenvalue weighted by atomic mass is 10.1. The largest absolute Gasteiger partial charge is 0.386 e. The van der Waals surface area contributed by atoms with Gasteiger partial charge >= 0.3 is 0 Å². The van der Waals surface area contributed by atoms with E-state index in [9.17, 15) is 5.11 Å². The number of nitrogens with zero attached hydrogens (tertiary/aromatic N) is 3. The highest BCUT2D eigenvalue weighted by Crippen LogP contribution is 2.24. The molecule has 0 aliphatic heterocycles. The van der Waals surface area contributed by atoms with Crippen molar-refractivity contribution in [1.29, 1.82) is 0 Å². The topological polar surface area (TPSA) is 50.9 Å². The monoisotopic (exact) mass is 315 g/mol. The first kappa shape index (κ1) is 12.5. The average Bonchev–Trinajstić information content (AvgIpc) is 2.58. The molecule has 0 radical (unpaired) electrons. The van der Waals surface area contributed by atoms with Crippen LogP contribution in [0.25, 0.3) is 0 Å². The summed E-state index contributed by atoms with van der Waals surface area (Å²) in [7, 11) is 1.74. The van der Waals surface area contributed by atoms with Crippen molar-refractivity contribution in [3.05, 3.63) is 45.1 Å². The molecule has 1 unspecified atom stereocenters. The first-order valence-electron chi connectivity index (χ1n) is 5.05. The molecule has 1 N–H and O–H groups in total. The third kappa shape index (κ3) is 2.86. The van der Waals surface area contributed by atoms with Gasteiger partial charge in [-0.05, 0) is 33.6 Å². The van der Waals surface area contributed by atoms with E-state index in [-0.39, 0.29) is 0 Å². The molecule has 1 aromatic heterocycles. The molecule has 90 valence electrons. The predicted octanol–water partition coefficient (Wildman–Crippen LogP) is 2.51. The molecular formula is C11H11BrClN3O. The SMILES string of the molecule is Cn1nnc(Br)c1C(O)Cc1cccc(Cl)c1. The molecule has 0 bridgehead atoms. The Bertz CT molecular complexity index is 510. The Morgan fingerprint density at radius 1 is 1.53 bits per heavy atom. The highest BCUT2D eigenvalue weighted by molar-refractivity contribution is 9.10. The van der Waals surface area contributed by atoms with Crippen LogP contribution in [0.3, 0.4) is 0 Å². The van der Waals surface area contributed by atoms with Gasteiger partial charge in [-0.15, -0.1) is 5.10 Å². The Morgan fingerprint density at radius 3 is 2.88 bits per heavy atom. The zero-order valence-electron chi connectivity index (χ0n) is 9.14. The molecule has 17 heavy (non-hydrogen) atoms. The van der Waals surface area contributed by atoms with Gasteiger partial charge in [0.05, 0.1) is 0 Å². The first-order chi connectivity index (χ1) is 8.08. The van der Waals surface area contributed by atoms with Crippen LogP contribution in [-0.2, 0) is 13.5 Å². The molecule has 4 nitrogen and oxygen atoms in total. The van der Waals surface area contributed by atoms with Crippen LogP contribution in [-0.4, -0.2) is 20.1 Å². The van der Waals surface area contributed by atoms with E-state index in [0.717, 1.165) is 5.56 Å². The van der Waals surface area contributed by atoms with Gasteiger partial charge in [0.2, 0.25) is 0 Å². The van der Waals surface area contributed by atoms with Crippen molar-refractivity contribution in [3.8, 4) is 0 Å². The summed E-state index contributed by atoms with van der Waals surface area (Å²) in [6, 6.07) is 7.43. The summed E-state index contributed by atoms with van der Waals surface area (Å²) >= 11 is 9.16. The summed E-state index contributed by atoms with van der Waals surface area (Å²) in [4.78, 5) is 0. The molecule has 0 saturated heterocycles. The number of hydrogen-bond donors (Lipinski definition) is 1. The normalized spacial score (nSPS) is 12.7. The molecule has 1 heterocycles. The molecular weight excluding hydrogens is 305 g/mol. The summed E-state index contributed by atoms with van der Waals surface area (Å²) in [6.45, 7) is 0. The second kappa shape index (κ2) is 5.16.